The summed E-state index contributed by atoms with van der Waals surface area (Å²) in [6.45, 7) is 0. The van der Waals surface area contributed by atoms with Gasteiger partial charge in [0.2, 0.25) is 0 Å². The van der Waals surface area contributed by atoms with E-state index in [1.54, 1.807) is 24.3 Å². The van der Waals surface area contributed by atoms with E-state index in [-0.39, 0.29) is 22.5 Å². The highest BCUT2D eigenvalue weighted by molar-refractivity contribution is 7.81. The van der Waals surface area contributed by atoms with Crippen molar-refractivity contribution in [3.8, 4) is 5.69 Å². The van der Waals surface area contributed by atoms with Crippen molar-refractivity contribution < 1.29 is 23.1 Å². The molecule has 0 amide bonds. The van der Waals surface area contributed by atoms with Crippen molar-refractivity contribution in [3.05, 3.63) is 71.0 Å². The largest absolute Gasteiger partial charge is 0.465 e. The topological polar surface area (TPSA) is 102 Å². The number of methoxy groups -OCH3 is 1. The maximum atomic E-state index is 12.1. The normalized spacial score (nSPS) is 11.7. The van der Waals surface area contributed by atoms with Crippen LogP contribution >= 0.6 is 11.6 Å². The molecule has 144 valence electrons. The van der Waals surface area contributed by atoms with E-state index in [1.807, 2.05) is 0 Å². The van der Waals surface area contributed by atoms with Crippen molar-refractivity contribution in [1.82, 2.24) is 9.78 Å². The summed E-state index contributed by atoms with van der Waals surface area (Å²) in [4.78, 5) is 23.2. The number of rotatable bonds is 6. The van der Waals surface area contributed by atoms with Crippen LogP contribution in [0.4, 0.5) is 11.4 Å². The molecule has 1 atom stereocenters. The minimum atomic E-state index is -2.53. The first kappa shape index (κ1) is 19.7. The van der Waals surface area contributed by atoms with Crippen LogP contribution in [-0.2, 0) is 16.0 Å². The number of anilines is 2. The van der Waals surface area contributed by atoms with E-state index in [4.69, 9.17) is 16.3 Å². The van der Waals surface area contributed by atoms with Crippen LogP contribution in [0.1, 0.15) is 20.7 Å². The number of halogens is 1. The summed E-state index contributed by atoms with van der Waals surface area (Å²) in [6.07, 6.45) is 3.46. The van der Waals surface area contributed by atoms with Crippen molar-refractivity contribution in [2.45, 2.75) is 0 Å². The summed E-state index contributed by atoms with van der Waals surface area (Å²) in [6, 6.07) is 11.0. The van der Waals surface area contributed by atoms with Gasteiger partial charge in [0.15, 0.2) is 0 Å². The Morgan fingerprint density at radius 3 is 2.61 bits per heavy atom. The van der Waals surface area contributed by atoms with E-state index in [0.29, 0.717) is 17.0 Å². The molecule has 1 aromatic heterocycles. The number of nitrogens with zero attached hydrogens (tertiary/aromatic N) is 3. The maximum Gasteiger partial charge on any atom is 0.340 e. The van der Waals surface area contributed by atoms with Crippen molar-refractivity contribution in [2.75, 3.05) is 11.4 Å². The summed E-state index contributed by atoms with van der Waals surface area (Å²) in [5.41, 5.74) is 1.22. The molecule has 1 N–H and O–H groups in total. The third-order valence-electron chi connectivity index (χ3n) is 3.83. The molecule has 0 aliphatic carbocycles. The average Bonchev–Trinajstić information content (AvgIpc) is 3.17. The van der Waals surface area contributed by atoms with Crippen LogP contribution in [-0.4, -0.2) is 37.9 Å². The molecule has 0 saturated heterocycles. The molecule has 3 aromatic rings. The van der Waals surface area contributed by atoms with E-state index in [2.05, 4.69) is 5.10 Å². The number of benzene rings is 2. The van der Waals surface area contributed by atoms with Gasteiger partial charge in [-0.25, -0.2) is 18.0 Å². The Kier molecular flexibility index (Phi) is 5.88. The fourth-order valence-corrected chi connectivity index (χ4v) is 3.27. The summed E-state index contributed by atoms with van der Waals surface area (Å²) in [7, 11) is 1.18. The van der Waals surface area contributed by atoms with Crippen molar-refractivity contribution in [3.63, 3.8) is 0 Å². The third kappa shape index (κ3) is 3.96. The van der Waals surface area contributed by atoms with E-state index in [0.717, 1.165) is 4.31 Å². The lowest BCUT2D eigenvalue weighted by atomic mass is 10.1. The van der Waals surface area contributed by atoms with Gasteiger partial charge in [-0.1, -0.05) is 11.6 Å². The number of esters is 1. The fraction of sp³-hybridized carbons (Fsp3) is 0.0556. The summed E-state index contributed by atoms with van der Waals surface area (Å²) in [5, 5.41) is 4.75. The molecule has 0 radical (unpaired) electrons. The SMILES string of the molecule is COC(=O)c1cc(C=O)ccc1N(c1cnn(-c2ccc(Cl)cc2)c1)S(=O)O. The number of aldehydes is 1. The second-order valence-electron chi connectivity index (χ2n) is 5.53. The molecular weight excluding hydrogens is 406 g/mol. The number of hydrogen-bond acceptors (Lipinski definition) is 5. The van der Waals surface area contributed by atoms with E-state index >= 15 is 0 Å². The van der Waals surface area contributed by atoms with Crippen LogP contribution in [0.2, 0.25) is 5.02 Å². The summed E-state index contributed by atoms with van der Waals surface area (Å²) in [5.74, 6) is -0.751. The Bertz CT molecular complexity index is 1050. The molecule has 2 aromatic carbocycles. The predicted octanol–water partition coefficient (Wildman–Crippen LogP) is 3.40. The minimum absolute atomic E-state index is 0.0336. The van der Waals surface area contributed by atoms with Crippen molar-refractivity contribution >= 4 is 46.5 Å². The lowest BCUT2D eigenvalue weighted by Gasteiger charge is -2.20. The molecule has 3 rings (SSSR count). The highest BCUT2D eigenvalue weighted by Crippen LogP contribution is 2.31. The van der Waals surface area contributed by atoms with Crippen LogP contribution in [0.3, 0.4) is 0 Å². The van der Waals surface area contributed by atoms with Crippen LogP contribution in [0.5, 0.6) is 0 Å². The number of carbonyl (C=O) groups is 2. The molecule has 0 aliphatic heterocycles. The second-order valence-corrected chi connectivity index (χ2v) is 6.79. The molecule has 28 heavy (non-hydrogen) atoms. The van der Waals surface area contributed by atoms with Crippen LogP contribution in [0.25, 0.3) is 5.69 Å². The first-order chi connectivity index (χ1) is 13.4. The Labute approximate surface area is 167 Å². The Morgan fingerprint density at radius 2 is 2.00 bits per heavy atom. The number of ether oxygens (including phenoxy) is 1. The Hall–Kier alpha value is -3.01. The van der Waals surface area contributed by atoms with Gasteiger partial charge >= 0.3 is 5.97 Å². The zero-order valence-electron chi connectivity index (χ0n) is 14.5. The van der Waals surface area contributed by atoms with E-state index in [9.17, 15) is 18.4 Å². The van der Waals surface area contributed by atoms with Crippen molar-refractivity contribution in [1.29, 1.82) is 0 Å². The molecule has 1 unspecified atom stereocenters. The number of carbonyl (C=O) groups excluding carboxylic acids is 2. The maximum absolute atomic E-state index is 12.1. The van der Waals surface area contributed by atoms with Crippen LogP contribution in [0.15, 0.2) is 54.9 Å². The van der Waals surface area contributed by atoms with Gasteiger partial charge < -0.3 is 4.74 Å². The van der Waals surface area contributed by atoms with Crippen LogP contribution < -0.4 is 4.31 Å². The Balaban J connectivity index is 2.08. The molecule has 0 aliphatic rings. The molecule has 1 heterocycles. The highest BCUT2D eigenvalue weighted by Gasteiger charge is 2.24. The van der Waals surface area contributed by atoms with Gasteiger partial charge in [0.05, 0.1) is 42.1 Å². The first-order valence-electron chi connectivity index (χ1n) is 7.84. The lowest BCUT2D eigenvalue weighted by Crippen LogP contribution is -2.22. The van der Waals surface area contributed by atoms with Gasteiger partial charge in [-0.3, -0.25) is 9.35 Å². The predicted molar refractivity (Wildman–Crippen MR) is 105 cm³/mol. The van der Waals surface area contributed by atoms with E-state index in [1.165, 1.54) is 42.4 Å². The summed E-state index contributed by atoms with van der Waals surface area (Å²) < 4.78 is 29.2. The van der Waals surface area contributed by atoms with Gasteiger partial charge in [0, 0.05) is 10.6 Å². The van der Waals surface area contributed by atoms with Gasteiger partial charge in [-0.15, -0.1) is 0 Å². The Morgan fingerprint density at radius 1 is 1.29 bits per heavy atom. The number of hydrogen-bond donors (Lipinski definition) is 1. The van der Waals surface area contributed by atoms with Gasteiger partial charge in [-0.2, -0.15) is 5.10 Å². The smallest absolute Gasteiger partial charge is 0.340 e. The van der Waals surface area contributed by atoms with Gasteiger partial charge in [-0.05, 0) is 42.5 Å². The average molecular weight is 420 g/mol. The van der Waals surface area contributed by atoms with Crippen LogP contribution in [0, 0.1) is 0 Å². The van der Waals surface area contributed by atoms with Crippen molar-refractivity contribution in [2.24, 2.45) is 0 Å². The first-order valence-corrected chi connectivity index (χ1v) is 9.28. The zero-order valence-corrected chi connectivity index (χ0v) is 16.1. The highest BCUT2D eigenvalue weighted by atomic mass is 35.5. The van der Waals surface area contributed by atoms with Gasteiger partial charge in [0.1, 0.15) is 6.29 Å². The van der Waals surface area contributed by atoms with E-state index < -0.39 is 17.2 Å². The molecule has 0 fully saturated rings. The molecule has 0 spiro atoms. The monoisotopic (exact) mass is 419 g/mol. The fourth-order valence-electron chi connectivity index (χ4n) is 2.54. The standard InChI is InChI=1S/C18H14ClN3O5S/c1-27-18(24)16-8-12(11-23)2-7-17(16)22(28(25)26)15-9-20-21(10-15)14-5-3-13(19)4-6-14/h2-11H,1H3,(H,25,26). The zero-order chi connectivity index (χ0) is 20.3. The molecular formula is C18H14ClN3O5S. The molecule has 10 heteroatoms. The molecule has 0 bridgehead atoms. The third-order valence-corrected chi connectivity index (χ3v) is 4.80. The molecule has 0 saturated carbocycles. The van der Waals surface area contributed by atoms with Gasteiger partial charge in [0.25, 0.3) is 11.3 Å². The number of aromatic nitrogens is 2. The minimum Gasteiger partial charge on any atom is -0.465 e. The second kappa shape index (κ2) is 8.34. The quantitative estimate of drug-likeness (QED) is 0.373. The lowest BCUT2D eigenvalue weighted by molar-refractivity contribution is 0.0601. The summed E-state index contributed by atoms with van der Waals surface area (Å²) >= 11 is 3.36. The molecule has 8 nitrogen and oxygen atoms in total.